The van der Waals surface area contributed by atoms with Crippen LogP contribution in [0.1, 0.15) is 75.3 Å². The van der Waals surface area contributed by atoms with Crippen LogP contribution >= 0.6 is 0 Å². The Morgan fingerprint density at radius 3 is 2.77 bits per heavy atom. The molecule has 0 aromatic heterocycles. The van der Waals surface area contributed by atoms with Crippen LogP contribution in [0.5, 0.6) is 5.75 Å². The van der Waals surface area contributed by atoms with E-state index < -0.39 is 0 Å². The lowest BCUT2D eigenvalue weighted by Crippen LogP contribution is -2.44. The Labute approximate surface area is 133 Å². The quantitative estimate of drug-likeness (QED) is 0.798. The van der Waals surface area contributed by atoms with Crippen LogP contribution in [-0.4, -0.2) is 16.3 Å². The molecule has 2 heteroatoms. The van der Waals surface area contributed by atoms with Crippen molar-refractivity contribution < 1.29 is 10.2 Å². The van der Waals surface area contributed by atoms with E-state index in [1.54, 1.807) is 0 Å². The zero-order chi connectivity index (χ0) is 15.5. The predicted octanol–water partition coefficient (Wildman–Crippen LogP) is 4.56. The maximum atomic E-state index is 10.5. The Bertz CT molecular complexity index is 581. The van der Waals surface area contributed by atoms with Gasteiger partial charge in [-0.1, -0.05) is 19.9 Å². The van der Waals surface area contributed by atoms with Crippen LogP contribution in [-0.2, 0) is 0 Å². The largest absolute Gasteiger partial charge is 0.508 e. The van der Waals surface area contributed by atoms with Gasteiger partial charge in [0, 0.05) is 0 Å². The smallest absolute Gasteiger partial charge is 0.115 e. The third-order valence-electron chi connectivity index (χ3n) is 7.35. The molecule has 0 aliphatic heterocycles. The Morgan fingerprint density at radius 1 is 1.18 bits per heavy atom. The van der Waals surface area contributed by atoms with Gasteiger partial charge in [0.25, 0.3) is 0 Å². The van der Waals surface area contributed by atoms with E-state index in [1.807, 2.05) is 12.1 Å². The molecule has 0 saturated heterocycles. The zero-order valence-corrected chi connectivity index (χ0v) is 13.8. The minimum Gasteiger partial charge on any atom is -0.508 e. The van der Waals surface area contributed by atoms with E-state index in [4.69, 9.17) is 0 Å². The topological polar surface area (TPSA) is 40.5 Å². The van der Waals surface area contributed by atoms with Gasteiger partial charge < -0.3 is 10.2 Å². The minimum atomic E-state index is -0.0975. The normalized spacial score (nSPS) is 43.3. The van der Waals surface area contributed by atoms with E-state index in [-0.39, 0.29) is 11.5 Å². The molecule has 3 aliphatic carbocycles. The van der Waals surface area contributed by atoms with Crippen molar-refractivity contribution in [3.8, 4) is 5.75 Å². The molecule has 1 aromatic rings. The van der Waals surface area contributed by atoms with Gasteiger partial charge in [0.1, 0.15) is 5.75 Å². The lowest BCUT2D eigenvalue weighted by molar-refractivity contribution is -0.0250. The summed E-state index contributed by atoms with van der Waals surface area (Å²) in [7, 11) is 0. The number of aliphatic hydroxyl groups excluding tert-OH is 1. The van der Waals surface area contributed by atoms with Crippen molar-refractivity contribution in [2.45, 2.75) is 70.3 Å². The molecule has 0 bridgehead atoms. The number of phenols is 1. The van der Waals surface area contributed by atoms with E-state index in [0.29, 0.717) is 23.5 Å². The van der Waals surface area contributed by atoms with Crippen molar-refractivity contribution >= 4 is 0 Å². The molecule has 6 atom stereocenters. The highest BCUT2D eigenvalue weighted by Crippen LogP contribution is 2.62. The van der Waals surface area contributed by atoms with Crippen molar-refractivity contribution in [3.05, 3.63) is 29.3 Å². The Kier molecular flexibility index (Phi) is 3.30. The van der Waals surface area contributed by atoms with Gasteiger partial charge in [-0.25, -0.2) is 0 Å². The second kappa shape index (κ2) is 4.99. The van der Waals surface area contributed by atoms with Crippen LogP contribution in [0, 0.1) is 17.3 Å². The lowest BCUT2D eigenvalue weighted by atomic mass is 9.54. The van der Waals surface area contributed by atoms with Gasteiger partial charge in [-0.2, -0.15) is 0 Å². The molecule has 0 amide bonds. The second-order valence-corrected chi connectivity index (χ2v) is 8.17. The molecule has 4 rings (SSSR count). The summed E-state index contributed by atoms with van der Waals surface area (Å²) in [4.78, 5) is 0. The van der Waals surface area contributed by atoms with Crippen LogP contribution in [0.3, 0.4) is 0 Å². The monoisotopic (exact) mass is 300 g/mol. The number of hydrogen-bond donors (Lipinski definition) is 2. The van der Waals surface area contributed by atoms with Gasteiger partial charge in [-0.05, 0) is 90.9 Å². The first-order valence-corrected chi connectivity index (χ1v) is 9.05. The molecule has 0 radical (unpaired) electrons. The molecule has 2 saturated carbocycles. The lowest BCUT2D eigenvalue weighted by Gasteiger charge is -2.51. The molecule has 2 nitrogen and oxygen atoms in total. The SMILES string of the molecule is CC[C@@H]1C[C@@H]2[C@H](CC[C@]3(C)[C@@H](O)CC[C@@H]23)c2ccc(O)cc21. The molecular weight excluding hydrogens is 272 g/mol. The van der Waals surface area contributed by atoms with Crippen molar-refractivity contribution in [2.24, 2.45) is 17.3 Å². The van der Waals surface area contributed by atoms with Crippen LogP contribution in [0.15, 0.2) is 18.2 Å². The maximum absolute atomic E-state index is 10.5. The number of rotatable bonds is 1. The molecular formula is C20H28O2. The Balaban J connectivity index is 1.76. The number of benzene rings is 1. The number of aromatic hydroxyl groups is 1. The highest BCUT2D eigenvalue weighted by molar-refractivity contribution is 5.42. The summed E-state index contributed by atoms with van der Waals surface area (Å²) in [6, 6.07) is 6.06. The average Bonchev–Trinajstić information content (AvgIpc) is 2.82. The molecule has 0 spiro atoms. The molecule has 0 unspecified atom stereocenters. The van der Waals surface area contributed by atoms with Gasteiger partial charge in [0.2, 0.25) is 0 Å². The van der Waals surface area contributed by atoms with Crippen LogP contribution in [0.25, 0.3) is 0 Å². The third-order valence-corrected chi connectivity index (χ3v) is 7.35. The van der Waals surface area contributed by atoms with Gasteiger partial charge in [0.05, 0.1) is 6.10 Å². The molecule has 2 fully saturated rings. The van der Waals surface area contributed by atoms with Crippen molar-refractivity contribution in [1.29, 1.82) is 0 Å². The van der Waals surface area contributed by atoms with Gasteiger partial charge in [0.15, 0.2) is 0 Å². The first kappa shape index (κ1) is 14.6. The van der Waals surface area contributed by atoms with E-state index >= 15 is 0 Å². The fraction of sp³-hybridized carbons (Fsp3) is 0.700. The zero-order valence-electron chi connectivity index (χ0n) is 13.8. The van der Waals surface area contributed by atoms with E-state index in [0.717, 1.165) is 25.2 Å². The maximum Gasteiger partial charge on any atom is 0.115 e. The fourth-order valence-electron chi connectivity index (χ4n) is 6.07. The molecule has 1 aromatic carbocycles. The molecule has 3 aliphatic rings. The number of fused-ring (bicyclic) bond motifs is 5. The summed E-state index contributed by atoms with van der Waals surface area (Å²) in [5.74, 6) is 3.02. The second-order valence-electron chi connectivity index (χ2n) is 8.17. The van der Waals surface area contributed by atoms with Crippen LogP contribution < -0.4 is 0 Å². The minimum absolute atomic E-state index is 0.0975. The first-order chi connectivity index (χ1) is 10.5. The summed E-state index contributed by atoms with van der Waals surface area (Å²) in [6.45, 7) is 4.60. The summed E-state index contributed by atoms with van der Waals surface area (Å²) in [5.41, 5.74) is 3.03. The summed E-state index contributed by atoms with van der Waals surface area (Å²) >= 11 is 0. The predicted molar refractivity (Wildman–Crippen MR) is 88.1 cm³/mol. The van der Waals surface area contributed by atoms with Crippen molar-refractivity contribution in [3.63, 3.8) is 0 Å². The highest BCUT2D eigenvalue weighted by Gasteiger charge is 2.55. The molecule has 22 heavy (non-hydrogen) atoms. The summed E-state index contributed by atoms with van der Waals surface area (Å²) in [6.07, 6.45) is 6.82. The van der Waals surface area contributed by atoms with Gasteiger partial charge >= 0.3 is 0 Å². The van der Waals surface area contributed by atoms with Crippen LogP contribution in [0.2, 0.25) is 0 Å². The van der Waals surface area contributed by atoms with Crippen molar-refractivity contribution in [2.75, 3.05) is 0 Å². The number of aliphatic hydroxyl groups is 1. The van der Waals surface area contributed by atoms with Gasteiger partial charge in [-0.3, -0.25) is 0 Å². The number of phenolic OH excluding ortho intramolecular Hbond substituents is 1. The fourth-order valence-corrected chi connectivity index (χ4v) is 6.07. The van der Waals surface area contributed by atoms with Crippen LogP contribution in [0.4, 0.5) is 0 Å². The summed E-state index contributed by atoms with van der Waals surface area (Å²) < 4.78 is 0. The molecule has 120 valence electrons. The number of hydrogen-bond acceptors (Lipinski definition) is 2. The molecule has 2 N–H and O–H groups in total. The molecule has 0 heterocycles. The summed E-state index contributed by atoms with van der Waals surface area (Å²) in [5, 5.41) is 20.4. The standard InChI is InChI=1S/C20H28O2/c1-3-12-10-17-15(14-5-4-13(21)11-16(12)14)8-9-20(2)18(17)6-7-19(20)22/h4-5,11-12,15,17-19,21-22H,3,6-10H2,1-2H3/t12-,15-,17-,18+,19+,20+/m1/s1. The Hall–Kier alpha value is -1.02. The van der Waals surface area contributed by atoms with E-state index in [9.17, 15) is 10.2 Å². The van der Waals surface area contributed by atoms with Crippen molar-refractivity contribution in [1.82, 2.24) is 0 Å². The average molecular weight is 300 g/mol. The van der Waals surface area contributed by atoms with Gasteiger partial charge in [-0.15, -0.1) is 0 Å². The highest BCUT2D eigenvalue weighted by atomic mass is 16.3. The first-order valence-electron chi connectivity index (χ1n) is 9.05. The third kappa shape index (κ3) is 1.89. The van der Waals surface area contributed by atoms with E-state index in [2.05, 4.69) is 19.9 Å². The van der Waals surface area contributed by atoms with E-state index in [1.165, 1.54) is 30.4 Å². The Morgan fingerprint density at radius 2 is 2.00 bits per heavy atom.